The van der Waals surface area contributed by atoms with Crippen molar-refractivity contribution < 1.29 is 28.9 Å². The highest BCUT2D eigenvalue weighted by molar-refractivity contribution is 5.87. The minimum absolute atomic E-state index is 0.00229. The number of carbonyl (C=O) groups is 2. The maximum atomic E-state index is 13.9. The van der Waals surface area contributed by atoms with Crippen molar-refractivity contribution in [1.29, 1.82) is 0 Å². The number of aromatic hydroxyl groups is 1. The van der Waals surface area contributed by atoms with Gasteiger partial charge in [-0.25, -0.2) is 4.79 Å². The normalized spacial score (nSPS) is 46.8. The average Bonchev–Trinajstić information content (AvgIpc) is 3.21. The Morgan fingerprint density at radius 3 is 2.50 bits per heavy atom. The van der Waals surface area contributed by atoms with E-state index in [1.807, 2.05) is 0 Å². The molecule has 0 radical (unpaired) electrons. The molecule has 1 N–H and O–H groups in total. The van der Waals surface area contributed by atoms with Gasteiger partial charge in [0.05, 0.1) is 12.5 Å². The number of hydrogen-bond donors (Lipinski definition) is 1. The van der Waals surface area contributed by atoms with E-state index >= 15 is 0 Å². The fraction of sp³-hybridized carbons (Fsp3) is 0.700. The highest BCUT2D eigenvalue weighted by Gasteiger charge is 2.80. The molecule has 5 aliphatic carbocycles. The standard InChI is InChI=1S/C40H54O6/c1-24-13-19-39-22-21-38(7)37(6)18-14-29-35(3,4)31(45-32(42)12-10-26-9-11-27(41)28(23-26)44-8)16-17-36(29,5)30(37)15-20-40(38,46-34(39)43)33(39)25(24)2/h9-12,15,20,23-25,29-31,33,41H,13-14,16-19,21-22H2,1-8H3/b12-10+/t24-,25+,29-,30+,31+,33+,36+,37-,38+,39+,40+/m1/s1. The minimum Gasteiger partial charge on any atom is -0.504 e. The fourth-order valence-corrected chi connectivity index (χ4v) is 12.8. The molecule has 11 atom stereocenters. The van der Waals surface area contributed by atoms with Gasteiger partial charge in [0, 0.05) is 22.8 Å². The summed E-state index contributed by atoms with van der Waals surface area (Å²) < 4.78 is 18.2. The summed E-state index contributed by atoms with van der Waals surface area (Å²) >= 11 is 0. The van der Waals surface area contributed by atoms with Crippen molar-refractivity contribution in [2.75, 3.05) is 7.11 Å². The van der Waals surface area contributed by atoms with Gasteiger partial charge in [0.1, 0.15) is 11.7 Å². The monoisotopic (exact) mass is 630 g/mol. The Balaban J connectivity index is 1.16. The molecular formula is C40H54O6. The van der Waals surface area contributed by atoms with Gasteiger partial charge >= 0.3 is 11.9 Å². The Labute approximate surface area is 275 Å². The summed E-state index contributed by atoms with van der Waals surface area (Å²) in [6, 6.07) is 5.00. The molecule has 1 aromatic rings. The zero-order chi connectivity index (χ0) is 33.1. The lowest BCUT2D eigenvalue weighted by molar-refractivity contribution is -0.247. The predicted molar refractivity (Wildman–Crippen MR) is 178 cm³/mol. The molecule has 5 fully saturated rings. The third-order valence-corrected chi connectivity index (χ3v) is 15.6. The molecule has 250 valence electrons. The van der Waals surface area contributed by atoms with Gasteiger partial charge in [-0.15, -0.1) is 0 Å². The van der Waals surface area contributed by atoms with E-state index in [0.29, 0.717) is 29.4 Å². The van der Waals surface area contributed by atoms with E-state index in [1.54, 1.807) is 24.3 Å². The molecule has 1 aromatic carbocycles. The summed E-state index contributed by atoms with van der Waals surface area (Å²) in [6.45, 7) is 16.9. The van der Waals surface area contributed by atoms with Crippen LogP contribution >= 0.6 is 0 Å². The summed E-state index contributed by atoms with van der Waals surface area (Å²) in [7, 11) is 1.51. The first-order valence-corrected chi connectivity index (χ1v) is 17.8. The molecule has 4 saturated carbocycles. The quantitative estimate of drug-likeness (QED) is 0.204. The van der Waals surface area contributed by atoms with Crippen LogP contribution in [0.15, 0.2) is 36.4 Å². The van der Waals surface area contributed by atoms with Crippen LogP contribution in [0.3, 0.4) is 0 Å². The van der Waals surface area contributed by atoms with Gasteiger partial charge in [-0.05, 0) is 116 Å². The Morgan fingerprint density at radius 1 is 1.00 bits per heavy atom. The maximum absolute atomic E-state index is 13.9. The average molecular weight is 631 g/mol. The molecule has 1 saturated heterocycles. The largest absolute Gasteiger partial charge is 0.504 e. The van der Waals surface area contributed by atoms with Crippen LogP contribution in [0.2, 0.25) is 0 Å². The summed E-state index contributed by atoms with van der Waals surface area (Å²) in [6.07, 6.45) is 16.0. The first-order valence-electron chi connectivity index (χ1n) is 17.8. The third-order valence-electron chi connectivity index (χ3n) is 15.6. The van der Waals surface area contributed by atoms with Crippen LogP contribution in [-0.4, -0.2) is 35.9 Å². The predicted octanol–water partition coefficient (Wildman–Crippen LogP) is 8.52. The van der Waals surface area contributed by atoms with E-state index in [9.17, 15) is 14.7 Å². The van der Waals surface area contributed by atoms with E-state index in [0.717, 1.165) is 56.9 Å². The molecule has 7 rings (SSSR count). The number of carbonyl (C=O) groups excluding carboxylic acids is 2. The smallest absolute Gasteiger partial charge is 0.331 e. The molecule has 1 heterocycles. The van der Waals surface area contributed by atoms with Gasteiger partial charge in [0.15, 0.2) is 11.5 Å². The zero-order valence-corrected chi connectivity index (χ0v) is 29.2. The Hall–Kier alpha value is -2.76. The van der Waals surface area contributed by atoms with Crippen molar-refractivity contribution in [3.63, 3.8) is 0 Å². The number of rotatable bonds is 4. The van der Waals surface area contributed by atoms with Crippen LogP contribution in [0.25, 0.3) is 6.08 Å². The number of fused-ring (bicyclic) bond motifs is 4. The second-order valence-electron chi connectivity index (χ2n) is 17.4. The Kier molecular flexibility index (Phi) is 7.00. The molecular weight excluding hydrogens is 576 g/mol. The van der Waals surface area contributed by atoms with Crippen molar-refractivity contribution in [2.24, 2.45) is 56.7 Å². The minimum atomic E-state index is -0.527. The summed E-state index contributed by atoms with van der Waals surface area (Å²) in [5.74, 6) is 2.20. The number of methoxy groups -OCH3 is 1. The van der Waals surface area contributed by atoms with Crippen molar-refractivity contribution in [1.82, 2.24) is 0 Å². The van der Waals surface area contributed by atoms with Crippen LogP contribution in [0.4, 0.5) is 0 Å². The van der Waals surface area contributed by atoms with Crippen molar-refractivity contribution in [2.45, 2.75) is 112 Å². The molecule has 46 heavy (non-hydrogen) atoms. The number of phenolic OH excluding ortho intramolecular Hbond substituents is 1. The Morgan fingerprint density at radius 2 is 1.76 bits per heavy atom. The number of benzene rings is 1. The highest BCUT2D eigenvalue weighted by Crippen LogP contribution is 2.79. The van der Waals surface area contributed by atoms with E-state index in [2.05, 4.69) is 60.6 Å². The van der Waals surface area contributed by atoms with Crippen molar-refractivity contribution >= 4 is 18.0 Å². The SMILES string of the molecule is COc1cc(/C=C/C(=O)O[C@H]2CC[C@@]3(C)[C@H](CC[C@]4(C)[C@H]3C=C[C@]35OC(=O)[C@@]6(CC[C@@H](C)[C@H](C)[C@@H]63)CC[C@]54C)C2(C)C)ccc1O. The maximum Gasteiger partial charge on any atom is 0.331 e. The number of allylic oxidation sites excluding steroid dienone is 1. The van der Waals surface area contributed by atoms with E-state index in [4.69, 9.17) is 14.2 Å². The van der Waals surface area contributed by atoms with Crippen LogP contribution in [0, 0.1) is 56.7 Å². The number of ether oxygens (including phenoxy) is 3. The van der Waals surface area contributed by atoms with Crippen molar-refractivity contribution in [3.05, 3.63) is 42.0 Å². The van der Waals surface area contributed by atoms with Gasteiger partial charge in [-0.1, -0.05) is 60.6 Å². The second kappa shape index (κ2) is 10.1. The summed E-state index contributed by atoms with van der Waals surface area (Å²) in [5.41, 5.74) is -0.367. The van der Waals surface area contributed by atoms with Gasteiger partial charge in [-0.3, -0.25) is 4.79 Å². The lowest BCUT2D eigenvalue weighted by Crippen LogP contribution is -2.71. The van der Waals surface area contributed by atoms with Crippen LogP contribution in [0.5, 0.6) is 11.5 Å². The van der Waals surface area contributed by atoms with Crippen molar-refractivity contribution in [3.8, 4) is 11.5 Å². The first-order chi connectivity index (χ1) is 21.6. The molecule has 0 unspecified atom stereocenters. The van der Waals surface area contributed by atoms with E-state index in [1.165, 1.54) is 13.2 Å². The van der Waals surface area contributed by atoms with Crippen LogP contribution < -0.4 is 4.74 Å². The van der Waals surface area contributed by atoms with Gasteiger partial charge in [0.25, 0.3) is 0 Å². The number of phenols is 1. The lowest BCUT2D eigenvalue weighted by atomic mass is 9.32. The summed E-state index contributed by atoms with van der Waals surface area (Å²) in [4.78, 5) is 27.0. The summed E-state index contributed by atoms with van der Waals surface area (Å²) in [5, 5.41) is 9.90. The fourth-order valence-electron chi connectivity index (χ4n) is 12.8. The number of hydrogen-bond acceptors (Lipinski definition) is 6. The topological polar surface area (TPSA) is 82.1 Å². The molecule has 0 amide bonds. The molecule has 6 nitrogen and oxygen atoms in total. The number of esters is 2. The first kappa shape index (κ1) is 31.8. The zero-order valence-electron chi connectivity index (χ0n) is 29.2. The molecule has 6 heteroatoms. The lowest BCUT2D eigenvalue weighted by Gasteiger charge is -2.72. The van der Waals surface area contributed by atoms with Crippen LogP contribution in [0.1, 0.15) is 105 Å². The second-order valence-corrected chi connectivity index (χ2v) is 17.4. The third kappa shape index (κ3) is 3.88. The highest BCUT2D eigenvalue weighted by atomic mass is 16.6. The molecule has 1 spiro atoms. The van der Waals surface area contributed by atoms with E-state index in [-0.39, 0.29) is 56.8 Å². The van der Waals surface area contributed by atoms with Gasteiger partial charge in [0.2, 0.25) is 0 Å². The Bertz CT molecular complexity index is 1510. The van der Waals surface area contributed by atoms with Gasteiger partial charge in [-0.2, -0.15) is 0 Å². The molecule has 6 aliphatic rings. The molecule has 0 aromatic heterocycles. The van der Waals surface area contributed by atoms with E-state index < -0.39 is 5.60 Å². The van der Waals surface area contributed by atoms with Gasteiger partial charge < -0.3 is 19.3 Å². The molecule has 1 aliphatic heterocycles. The molecule has 2 bridgehead atoms. The van der Waals surface area contributed by atoms with Crippen LogP contribution in [-0.2, 0) is 19.1 Å².